The second-order valence-corrected chi connectivity index (χ2v) is 7.58. The number of hydrogen-bond donors (Lipinski definition) is 1. The number of fused-ring (bicyclic) bond motifs is 1. The number of carboxylic acids is 1. The predicted molar refractivity (Wildman–Crippen MR) is 100 cm³/mol. The molecule has 1 aromatic heterocycles. The molecule has 0 spiro atoms. The van der Waals surface area contributed by atoms with E-state index in [1.54, 1.807) is 11.5 Å². The summed E-state index contributed by atoms with van der Waals surface area (Å²) in [4.78, 5) is 26.0. The molecule has 0 saturated carbocycles. The molecule has 7 heteroatoms. The summed E-state index contributed by atoms with van der Waals surface area (Å²) in [6, 6.07) is 7.40. The summed E-state index contributed by atoms with van der Waals surface area (Å²) in [6.45, 7) is 8.43. The number of aryl methyl sites for hydroxylation is 1. The summed E-state index contributed by atoms with van der Waals surface area (Å²) in [5.41, 5.74) is 2.34. The van der Waals surface area contributed by atoms with E-state index in [1.165, 1.54) is 10.5 Å². The molecule has 0 bridgehead atoms. The first-order valence-corrected chi connectivity index (χ1v) is 9.28. The summed E-state index contributed by atoms with van der Waals surface area (Å²) in [7, 11) is 0. The number of carbonyl (C=O) groups is 2. The number of hydrogen-bond acceptors (Lipinski definition) is 4. The van der Waals surface area contributed by atoms with Gasteiger partial charge < -0.3 is 14.6 Å². The Labute approximate surface area is 159 Å². The maximum Gasteiger partial charge on any atom is 0.328 e. The summed E-state index contributed by atoms with van der Waals surface area (Å²) < 4.78 is 1.77. The minimum atomic E-state index is -1.00. The largest absolute Gasteiger partial charge is 0.480 e. The van der Waals surface area contributed by atoms with Crippen molar-refractivity contribution in [3.8, 4) is 0 Å². The zero-order chi connectivity index (χ0) is 19.7. The molecule has 2 aromatic rings. The number of amides is 1. The van der Waals surface area contributed by atoms with Crippen molar-refractivity contribution in [2.45, 2.75) is 65.1 Å². The molecule has 2 unspecified atom stereocenters. The topological polar surface area (TPSA) is 88.3 Å². The van der Waals surface area contributed by atoms with E-state index >= 15 is 0 Å². The quantitative estimate of drug-likeness (QED) is 0.874. The van der Waals surface area contributed by atoms with E-state index < -0.39 is 12.0 Å². The molecule has 3 rings (SSSR count). The molecule has 144 valence electrons. The van der Waals surface area contributed by atoms with Gasteiger partial charge in [0.25, 0.3) is 0 Å². The van der Waals surface area contributed by atoms with Gasteiger partial charge in [0.05, 0.1) is 13.1 Å². The molecule has 1 N–H and O–H groups in total. The van der Waals surface area contributed by atoms with Gasteiger partial charge in [-0.3, -0.25) is 4.79 Å². The molecule has 0 fully saturated rings. The van der Waals surface area contributed by atoms with Crippen LogP contribution in [-0.4, -0.2) is 42.7 Å². The van der Waals surface area contributed by atoms with Crippen molar-refractivity contribution in [2.24, 2.45) is 0 Å². The van der Waals surface area contributed by atoms with Gasteiger partial charge >= 0.3 is 5.97 Å². The Morgan fingerprint density at radius 1 is 1.15 bits per heavy atom. The van der Waals surface area contributed by atoms with E-state index in [-0.39, 0.29) is 31.3 Å². The highest BCUT2D eigenvalue weighted by molar-refractivity contribution is 5.84. The van der Waals surface area contributed by atoms with E-state index in [0.717, 1.165) is 5.56 Å². The molecular weight excluding hydrogens is 344 g/mol. The molecule has 2 heterocycles. The van der Waals surface area contributed by atoms with Crippen LogP contribution < -0.4 is 0 Å². The Balaban J connectivity index is 1.74. The lowest BCUT2D eigenvalue weighted by atomic mass is 9.93. The minimum Gasteiger partial charge on any atom is -0.480 e. The van der Waals surface area contributed by atoms with Crippen molar-refractivity contribution in [3.63, 3.8) is 0 Å². The van der Waals surface area contributed by atoms with Gasteiger partial charge in [0.1, 0.15) is 11.9 Å². The molecule has 27 heavy (non-hydrogen) atoms. The number of rotatable bonds is 5. The normalized spacial score (nSPS) is 17.7. The molecule has 1 aliphatic rings. The van der Waals surface area contributed by atoms with Crippen molar-refractivity contribution in [1.82, 2.24) is 19.7 Å². The maximum absolute atomic E-state index is 12.9. The van der Waals surface area contributed by atoms with Crippen molar-refractivity contribution in [1.29, 1.82) is 0 Å². The highest BCUT2D eigenvalue weighted by Gasteiger charge is 2.36. The number of carbonyl (C=O) groups excluding carboxylic acids is 1. The second kappa shape index (κ2) is 7.50. The third-order valence-corrected chi connectivity index (χ3v) is 5.31. The predicted octanol–water partition coefficient (Wildman–Crippen LogP) is 2.70. The first-order chi connectivity index (χ1) is 12.8. The van der Waals surface area contributed by atoms with E-state index in [0.29, 0.717) is 17.6 Å². The SMILES string of the molecule is Cc1nnc2n1CC(C(=O)O)N(C(=O)CC(C)c1ccc(C(C)C)cc1)C2. The van der Waals surface area contributed by atoms with Crippen LogP contribution in [0, 0.1) is 6.92 Å². The van der Waals surface area contributed by atoms with Gasteiger partial charge in [0, 0.05) is 6.42 Å². The number of aliphatic carboxylic acids is 1. The lowest BCUT2D eigenvalue weighted by Gasteiger charge is -2.34. The fourth-order valence-electron chi connectivity index (χ4n) is 3.49. The number of aromatic nitrogens is 3. The van der Waals surface area contributed by atoms with Gasteiger partial charge in [0.15, 0.2) is 5.82 Å². The van der Waals surface area contributed by atoms with E-state index in [9.17, 15) is 14.7 Å². The van der Waals surface area contributed by atoms with Crippen LogP contribution in [0.25, 0.3) is 0 Å². The van der Waals surface area contributed by atoms with Crippen LogP contribution in [0.3, 0.4) is 0 Å². The Morgan fingerprint density at radius 2 is 1.78 bits per heavy atom. The van der Waals surface area contributed by atoms with E-state index in [1.807, 2.05) is 6.92 Å². The maximum atomic E-state index is 12.9. The minimum absolute atomic E-state index is 0.00897. The van der Waals surface area contributed by atoms with Crippen LogP contribution in [0.4, 0.5) is 0 Å². The molecule has 2 atom stereocenters. The Hall–Kier alpha value is -2.70. The van der Waals surface area contributed by atoms with Crippen LogP contribution >= 0.6 is 0 Å². The standard InChI is InChI=1S/C20H26N4O3/c1-12(2)15-5-7-16(8-6-15)13(3)9-19(25)24-11-18-22-21-14(4)23(18)10-17(24)20(26)27/h5-8,12-13,17H,9-11H2,1-4H3,(H,26,27). The lowest BCUT2D eigenvalue weighted by Crippen LogP contribution is -2.51. The van der Waals surface area contributed by atoms with Crippen molar-refractivity contribution < 1.29 is 14.7 Å². The number of benzene rings is 1. The Morgan fingerprint density at radius 3 is 2.37 bits per heavy atom. The van der Waals surface area contributed by atoms with Crippen LogP contribution in [0.1, 0.15) is 61.8 Å². The average molecular weight is 370 g/mol. The highest BCUT2D eigenvalue weighted by Crippen LogP contribution is 2.25. The van der Waals surface area contributed by atoms with Crippen LogP contribution in [-0.2, 0) is 22.7 Å². The molecule has 0 aliphatic carbocycles. The Kier molecular flexibility index (Phi) is 5.30. The van der Waals surface area contributed by atoms with Crippen molar-refractivity contribution in [2.75, 3.05) is 0 Å². The van der Waals surface area contributed by atoms with E-state index in [2.05, 4.69) is 48.3 Å². The number of nitrogens with zero attached hydrogens (tertiary/aromatic N) is 4. The summed E-state index contributed by atoms with van der Waals surface area (Å²) in [6.07, 6.45) is 0.262. The van der Waals surface area contributed by atoms with Gasteiger partial charge in [-0.15, -0.1) is 10.2 Å². The molecule has 1 amide bonds. The molecule has 7 nitrogen and oxygen atoms in total. The van der Waals surface area contributed by atoms with Gasteiger partial charge in [0.2, 0.25) is 5.91 Å². The zero-order valence-corrected chi connectivity index (χ0v) is 16.2. The fourth-order valence-corrected chi connectivity index (χ4v) is 3.49. The van der Waals surface area contributed by atoms with Gasteiger partial charge in [-0.05, 0) is 29.9 Å². The monoisotopic (exact) mass is 370 g/mol. The molecule has 1 aliphatic heterocycles. The Bertz CT molecular complexity index is 841. The zero-order valence-electron chi connectivity index (χ0n) is 16.2. The van der Waals surface area contributed by atoms with Crippen LogP contribution in [0.2, 0.25) is 0 Å². The molecule has 1 aromatic carbocycles. The first kappa shape index (κ1) is 19.1. The number of carboxylic acid groups (broad SMARTS) is 1. The van der Waals surface area contributed by atoms with Crippen LogP contribution in [0.5, 0.6) is 0 Å². The summed E-state index contributed by atoms with van der Waals surface area (Å²) in [5, 5.41) is 17.7. The molecule has 0 saturated heterocycles. The second-order valence-electron chi connectivity index (χ2n) is 7.58. The molecular formula is C20H26N4O3. The van der Waals surface area contributed by atoms with Crippen molar-refractivity contribution in [3.05, 3.63) is 47.0 Å². The van der Waals surface area contributed by atoms with Crippen molar-refractivity contribution >= 4 is 11.9 Å². The van der Waals surface area contributed by atoms with Gasteiger partial charge in [-0.2, -0.15) is 0 Å². The summed E-state index contributed by atoms with van der Waals surface area (Å²) in [5.74, 6) is 0.594. The summed E-state index contributed by atoms with van der Waals surface area (Å²) >= 11 is 0. The van der Waals surface area contributed by atoms with Gasteiger partial charge in [-0.25, -0.2) is 4.79 Å². The highest BCUT2D eigenvalue weighted by atomic mass is 16.4. The smallest absolute Gasteiger partial charge is 0.328 e. The third-order valence-electron chi connectivity index (χ3n) is 5.31. The fraction of sp³-hybridized carbons (Fsp3) is 0.500. The van der Waals surface area contributed by atoms with Crippen LogP contribution in [0.15, 0.2) is 24.3 Å². The average Bonchev–Trinajstić information content (AvgIpc) is 3.00. The third kappa shape index (κ3) is 3.86. The molecule has 0 radical (unpaired) electrons. The van der Waals surface area contributed by atoms with Gasteiger partial charge in [-0.1, -0.05) is 45.0 Å². The van der Waals surface area contributed by atoms with E-state index in [4.69, 9.17) is 0 Å². The lowest BCUT2D eigenvalue weighted by molar-refractivity contribution is -0.153. The first-order valence-electron chi connectivity index (χ1n) is 9.28.